The van der Waals surface area contributed by atoms with Crippen LogP contribution >= 0.6 is 0 Å². The van der Waals surface area contributed by atoms with Gasteiger partial charge in [-0.25, -0.2) is 9.18 Å². The van der Waals surface area contributed by atoms with Gasteiger partial charge < -0.3 is 15.4 Å². The zero-order valence-corrected chi connectivity index (χ0v) is 12.2. The third kappa shape index (κ3) is 5.83. The quantitative estimate of drug-likeness (QED) is 0.772. The number of ether oxygens (including phenoxy) is 1. The lowest BCUT2D eigenvalue weighted by Gasteiger charge is -2.09. The Balaban J connectivity index is 1.56. The standard InChI is InChI=1S/C17H19FN2O2/c18-15-7-4-6-14(12-15)13-20-17(21)19-10-5-11-22-16-8-2-1-3-9-16/h1-4,6-9,12H,5,10-11,13H2,(H2,19,20,21). The molecular formula is C17H19FN2O2. The molecule has 0 radical (unpaired) electrons. The van der Waals surface area contributed by atoms with E-state index in [0.717, 1.165) is 11.3 Å². The van der Waals surface area contributed by atoms with Gasteiger partial charge in [-0.3, -0.25) is 0 Å². The second-order valence-electron chi connectivity index (χ2n) is 4.75. The number of amides is 2. The van der Waals surface area contributed by atoms with E-state index in [1.54, 1.807) is 12.1 Å². The first-order valence-electron chi connectivity index (χ1n) is 7.18. The van der Waals surface area contributed by atoms with E-state index in [0.29, 0.717) is 26.1 Å². The van der Waals surface area contributed by atoms with E-state index in [4.69, 9.17) is 4.74 Å². The summed E-state index contributed by atoms with van der Waals surface area (Å²) in [5, 5.41) is 5.41. The minimum absolute atomic E-state index is 0.274. The lowest BCUT2D eigenvalue weighted by molar-refractivity contribution is 0.238. The third-order valence-corrected chi connectivity index (χ3v) is 2.96. The van der Waals surface area contributed by atoms with Crippen molar-refractivity contribution in [2.45, 2.75) is 13.0 Å². The molecule has 0 saturated heterocycles. The molecule has 0 saturated carbocycles. The Hall–Kier alpha value is -2.56. The predicted octanol–water partition coefficient (Wildman–Crippen LogP) is 3.09. The summed E-state index contributed by atoms with van der Waals surface area (Å²) in [7, 11) is 0. The Kier molecular flexibility index (Phi) is 6.23. The zero-order valence-electron chi connectivity index (χ0n) is 12.2. The van der Waals surface area contributed by atoms with Crippen molar-refractivity contribution in [1.82, 2.24) is 10.6 Å². The van der Waals surface area contributed by atoms with Crippen molar-refractivity contribution in [3.63, 3.8) is 0 Å². The second kappa shape index (κ2) is 8.67. The van der Waals surface area contributed by atoms with Crippen LogP contribution in [0.1, 0.15) is 12.0 Å². The van der Waals surface area contributed by atoms with Crippen LogP contribution in [-0.4, -0.2) is 19.2 Å². The first-order chi connectivity index (χ1) is 10.7. The number of benzene rings is 2. The first-order valence-corrected chi connectivity index (χ1v) is 7.18. The van der Waals surface area contributed by atoms with Gasteiger partial charge in [0.15, 0.2) is 0 Å². The summed E-state index contributed by atoms with van der Waals surface area (Å²) in [5.74, 6) is 0.510. The number of carbonyl (C=O) groups is 1. The highest BCUT2D eigenvalue weighted by Gasteiger charge is 2.01. The molecule has 0 aliphatic heterocycles. The average molecular weight is 302 g/mol. The minimum Gasteiger partial charge on any atom is -0.494 e. The van der Waals surface area contributed by atoms with Crippen molar-refractivity contribution < 1.29 is 13.9 Å². The predicted molar refractivity (Wildman–Crippen MR) is 83.2 cm³/mol. The van der Waals surface area contributed by atoms with E-state index in [2.05, 4.69) is 10.6 Å². The number of urea groups is 1. The van der Waals surface area contributed by atoms with Crippen LogP contribution in [0.15, 0.2) is 54.6 Å². The normalized spacial score (nSPS) is 10.0. The number of carbonyl (C=O) groups excluding carboxylic acids is 1. The number of para-hydroxylation sites is 1. The summed E-state index contributed by atoms with van der Waals surface area (Å²) in [6.07, 6.45) is 0.711. The molecule has 2 amide bonds. The van der Waals surface area contributed by atoms with E-state index in [1.807, 2.05) is 30.3 Å². The fourth-order valence-corrected chi connectivity index (χ4v) is 1.87. The van der Waals surface area contributed by atoms with Crippen LogP contribution in [0, 0.1) is 5.82 Å². The van der Waals surface area contributed by atoms with Gasteiger partial charge in [-0.1, -0.05) is 30.3 Å². The molecule has 0 aliphatic rings. The van der Waals surface area contributed by atoms with Gasteiger partial charge in [0.1, 0.15) is 11.6 Å². The topological polar surface area (TPSA) is 50.4 Å². The smallest absolute Gasteiger partial charge is 0.315 e. The molecule has 2 N–H and O–H groups in total. The molecule has 0 heterocycles. The van der Waals surface area contributed by atoms with E-state index in [1.165, 1.54) is 12.1 Å². The number of hydrogen-bond donors (Lipinski definition) is 2. The van der Waals surface area contributed by atoms with Gasteiger partial charge in [-0.05, 0) is 36.2 Å². The average Bonchev–Trinajstić information content (AvgIpc) is 2.54. The van der Waals surface area contributed by atoms with Crippen LogP contribution in [0.5, 0.6) is 5.75 Å². The first kappa shape index (κ1) is 15.8. The van der Waals surface area contributed by atoms with Crippen molar-refractivity contribution in [3.05, 3.63) is 66.0 Å². The summed E-state index contributed by atoms with van der Waals surface area (Å²) in [6.45, 7) is 1.35. The Morgan fingerprint density at radius 2 is 1.86 bits per heavy atom. The van der Waals surface area contributed by atoms with Crippen LogP contribution in [0.2, 0.25) is 0 Å². The Labute approximate surface area is 129 Å². The van der Waals surface area contributed by atoms with Crippen LogP contribution in [-0.2, 0) is 6.54 Å². The van der Waals surface area contributed by atoms with E-state index >= 15 is 0 Å². The van der Waals surface area contributed by atoms with Gasteiger partial charge in [-0.15, -0.1) is 0 Å². The molecule has 5 heteroatoms. The maximum atomic E-state index is 13.0. The van der Waals surface area contributed by atoms with E-state index in [-0.39, 0.29) is 11.8 Å². The van der Waals surface area contributed by atoms with Crippen molar-refractivity contribution in [2.75, 3.05) is 13.2 Å². The zero-order chi connectivity index (χ0) is 15.6. The monoisotopic (exact) mass is 302 g/mol. The van der Waals surface area contributed by atoms with Crippen LogP contribution < -0.4 is 15.4 Å². The van der Waals surface area contributed by atoms with Crippen molar-refractivity contribution in [1.29, 1.82) is 0 Å². The molecule has 4 nitrogen and oxygen atoms in total. The van der Waals surface area contributed by atoms with Gasteiger partial charge in [-0.2, -0.15) is 0 Å². The van der Waals surface area contributed by atoms with Crippen molar-refractivity contribution in [3.8, 4) is 5.75 Å². The molecule has 0 bridgehead atoms. The molecule has 0 atom stereocenters. The van der Waals surface area contributed by atoms with E-state index in [9.17, 15) is 9.18 Å². The van der Waals surface area contributed by atoms with Crippen molar-refractivity contribution in [2.24, 2.45) is 0 Å². The van der Waals surface area contributed by atoms with Crippen LogP contribution in [0.3, 0.4) is 0 Å². The van der Waals surface area contributed by atoms with Crippen LogP contribution in [0.4, 0.5) is 9.18 Å². The molecule has 22 heavy (non-hydrogen) atoms. The Morgan fingerprint density at radius 1 is 1.05 bits per heavy atom. The minimum atomic E-state index is -0.308. The van der Waals surface area contributed by atoms with Gasteiger partial charge >= 0.3 is 6.03 Å². The number of hydrogen-bond acceptors (Lipinski definition) is 2. The Bertz CT molecular complexity index is 590. The largest absolute Gasteiger partial charge is 0.494 e. The highest BCUT2D eigenvalue weighted by molar-refractivity contribution is 5.73. The number of nitrogens with one attached hydrogen (secondary N) is 2. The molecule has 0 aliphatic carbocycles. The molecule has 2 aromatic carbocycles. The summed E-state index contributed by atoms with van der Waals surface area (Å²) >= 11 is 0. The van der Waals surface area contributed by atoms with E-state index < -0.39 is 0 Å². The maximum Gasteiger partial charge on any atom is 0.315 e. The van der Waals surface area contributed by atoms with Gasteiger partial charge in [0, 0.05) is 13.1 Å². The summed E-state index contributed by atoms with van der Waals surface area (Å²) in [4.78, 5) is 11.6. The molecule has 0 aromatic heterocycles. The summed E-state index contributed by atoms with van der Waals surface area (Å²) in [6, 6.07) is 15.4. The highest BCUT2D eigenvalue weighted by atomic mass is 19.1. The third-order valence-electron chi connectivity index (χ3n) is 2.96. The highest BCUT2D eigenvalue weighted by Crippen LogP contribution is 2.08. The maximum absolute atomic E-state index is 13.0. The SMILES string of the molecule is O=C(NCCCOc1ccccc1)NCc1cccc(F)c1. The molecule has 0 fully saturated rings. The molecule has 2 rings (SSSR count). The fourth-order valence-electron chi connectivity index (χ4n) is 1.87. The summed E-state index contributed by atoms with van der Waals surface area (Å²) < 4.78 is 18.5. The summed E-state index contributed by atoms with van der Waals surface area (Å²) in [5.41, 5.74) is 0.725. The number of rotatable bonds is 7. The lowest BCUT2D eigenvalue weighted by Crippen LogP contribution is -2.36. The molecule has 2 aromatic rings. The van der Waals surface area contributed by atoms with Crippen LogP contribution in [0.25, 0.3) is 0 Å². The fraction of sp³-hybridized carbons (Fsp3) is 0.235. The molecular weight excluding hydrogens is 283 g/mol. The second-order valence-corrected chi connectivity index (χ2v) is 4.75. The Morgan fingerprint density at radius 3 is 2.64 bits per heavy atom. The van der Waals surface area contributed by atoms with Gasteiger partial charge in [0.2, 0.25) is 0 Å². The lowest BCUT2D eigenvalue weighted by atomic mass is 10.2. The van der Waals surface area contributed by atoms with Crippen molar-refractivity contribution >= 4 is 6.03 Å². The van der Waals surface area contributed by atoms with Gasteiger partial charge in [0.25, 0.3) is 0 Å². The molecule has 0 unspecified atom stereocenters. The van der Waals surface area contributed by atoms with Gasteiger partial charge in [0.05, 0.1) is 6.61 Å². The molecule has 0 spiro atoms. The number of halogens is 1. The molecule has 116 valence electrons.